The van der Waals surface area contributed by atoms with E-state index in [9.17, 15) is 13.6 Å². The molecule has 1 N–H and O–H groups in total. The minimum Gasteiger partial charge on any atom is -0.324 e. The van der Waals surface area contributed by atoms with Crippen molar-refractivity contribution in [2.24, 2.45) is 0 Å². The van der Waals surface area contributed by atoms with E-state index in [4.69, 9.17) is 0 Å². The minimum absolute atomic E-state index is 0.184. The Bertz CT molecular complexity index is 724. The van der Waals surface area contributed by atoms with Gasteiger partial charge in [-0.1, -0.05) is 48.2 Å². The normalized spacial score (nSPS) is 14.5. The van der Waals surface area contributed by atoms with Crippen LogP contribution in [0.25, 0.3) is 0 Å². The van der Waals surface area contributed by atoms with Crippen LogP contribution in [0.15, 0.2) is 53.4 Å². The van der Waals surface area contributed by atoms with Crippen LogP contribution in [-0.2, 0) is 17.8 Å². The smallest absolute Gasteiger partial charge is 0.288 e. The Balaban J connectivity index is 1.61. The van der Waals surface area contributed by atoms with Crippen molar-refractivity contribution >= 4 is 23.4 Å². The summed E-state index contributed by atoms with van der Waals surface area (Å²) >= 11 is 0.442. The van der Waals surface area contributed by atoms with E-state index < -0.39 is 5.76 Å². The van der Waals surface area contributed by atoms with Gasteiger partial charge in [-0.25, -0.2) is 0 Å². The van der Waals surface area contributed by atoms with Crippen LogP contribution in [0.2, 0.25) is 0 Å². The van der Waals surface area contributed by atoms with Gasteiger partial charge in [0.05, 0.1) is 12.2 Å². The lowest BCUT2D eigenvalue weighted by Gasteiger charge is -2.28. The second kappa shape index (κ2) is 7.77. The molecule has 0 spiro atoms. The lowest BCUT2D eigenvalue weighted by Crippen LogP contribution is -2.37. The molecule has 24 heavy (non-hydrogen) atoms. The molecule has 0 bridgehead atoms. The van der Waals surface area contributed by atoms with Crippen molar-refractivity contribution in [2.45, 2.75) is 23.6 Å². The van der Waals surface area contributed by atoms with Crippen LogP contribution >= 0.6 is 11.8 Å². The molecule has 1 heterocycles. The molecule has 0 saturated heterocycles. The number of rotatable bonds is 5. The largest absolute Gasteiger partial charge is 0.324 e. The summed E-state index contributed by atoms with van der Waals surface area (Å²) in [5.74, 6) is -2.70. The number of thioether (sulfide) groups is 1. The predicted molar refractivity (Wildman–Crippen MR) is 92.4 cm³/mol. The molecule has 3 nitrogen and oxygen atoms in total. The first-order chi connectivity index (χ1) is 11.6. The summed E-state index contributed by atoms with van der Waals surface area (Å²) in [6.45, 7) is 1.80. The molecule has 0 aliphatic carbocycles. The van der Waals surface area contributed by atoms with Crippen LogP contribution in [0.1, 0.15) is 11.1 Å². The number of para-hydroxylation sites is 1. The third kappa shape index (κ3) is 4.33. The van der Waals surface area contributed by atoms with E-state index in [1.54, 1.807) is 24.3 Å². The van der Waals surface area contributed by atoms with Crippen molar-refractivity contribution < 1.29 is 13.6 Å². The first kappa shape index (κ1) is 16.9. The topological polar surface area (TPSA) is 32.3 Å². The highest BCUT2D eigenvalue weighted by Gasteiger charge is 2.19. The number of anilines is 1. The van der Waals surface area contributed by atoms with Crippen molar-refractivity contribution in [3.63, 3.8) is 0 Å². The fraction of sp³-hybridized carbons (Fsp3) is 0.278. The minimum atomic E-state index is -2.51. The van der Waals surface area contributed by atoms with Crippen LogP contribution in [0.4, 0.5) is 14.5 Å². The number of nitrogens with one attached hydrogen (secondary N) is 1. The van der Waals surface area contributed by atoms with Gasteiger partial charge in [0.2, 0.25) is 5.91 Å². The summed E-state index contributed by atoms with van der Waals surface area (Å²) in [5, 5.41) is 2.75. The third-order valence-electron chi connectivity index (χ3n) is 3.95. The molecule has 0 atom stereocenters. The van der Waals surface area contributed by atoms with E-state index in [0.29, 0.717) is 22.3 Å². The molecule has 0 aromatic heterocycles. The average Bonchev–Trinajstić information content (AvgIpc) is 2.56. The van der Waals surface area contributed by atoms with Gasteiger partial charge in [-0.05, 0) is 29.7 Å². The molecular weight excluding hydrogens is 330 g/mol. The van der Waals surface area contributed by atoms with Gasteiger partial charge in [0.1, 0.15) is 0 Å². The quantitative estimate of drug-likeness (QED) is 0.829. The van der Waals surface area contributed by atoms with Gasteiger partial charge in [0, 0.05) is 18.0 Å². The maximum atomic E-state index is 12.6. The first-order valence-corrected chi connectivity index (χ1v) is 8.62. The lowest BCUT2D eigenvalue weighted by atomic mass is 10.00. The molecule has 1 aliphatic rings. The molecule has 2 aromatic rings. The molecule has 1 aliphatic heterocycles. The number of fused-ring (bicyclic) bond motifs is 1. The Morgan fingerprint density at radius 2 is 1.83 bits per heavy atom. The van der Waals surface area contributed by atoms with E-state index >= 15 is 0 Å². The Morgan fingerprint density at radius 3 is 2.62 bits per heavy atom. The third-order valence-corrected chi connectivity index (χ3v) is 4.74. The van der Waals surface area contributed by atoms with Gasteiger partial charge < -0.3 is 5.32 Å². The van der Waals surface area contributed by atoms with Crippen LogP contribution < -0.4 is 5.32 Å². The molecule has 0 radical (unpaired) electrons. The Kier molecular flexibility index (Phi) is 5.48. The highest BCUT2D eigenvalue weighted by molar-refractivity contribution is 7.99. The van der Waals surface area contributed by atoms with Crippen LogP contribution in [0.5, 0.6) is 0 Å². The van der Waals surface area contributed by atoms with Crippen molar-refractivity contribution in [2.75, 3.05) is 18.4 Å². The molecule has 6 heteroatoms. The van der Waals surface area contributed by atoms with E-state index in [0.717, 1.165) is 19.5 Å². The van der Waals surface area contributed by atoms with Crippen LogP contribution in [-0.4, -0.2) is 29.7 Å². The number of hydrogen-bond donors (Lipinski definition) is 1. The molecule has 0 saturated carbocycles. The van der Waals surface area contributed by atoms with Crippen LogP contribution in [0, 0.1) is 0 Å². The number of alkyl halides is 2. The van der Waals surface area contributed by atoms with Gasteiger partial charge in [0.25, 0.3) is 5.76 Å². The Labute approximate surface area is 144 Å². The SMILES string of the molecule is O=C(CN1CCc2ccccc2C1)Nc1ccccc1SC(F)F. The van der Waals surface area contributed by atoms with Crippen molar-refractivity contribution in [3.8, 4) is 0 Å². The zero-order valence-electron chi connectivity index (χ0n) is 13.0. The summed E-state index contributed by atoms with van der Waals surface area (Å²) in [6.07, 6.45) is 0.918. The van der Waals surface area contributed by atoms with Crippen LogP contribution in [0.3, 0.4) is 0 Å². The number of hydrogen-bond acceptors (Lipinski definition) is 3. The fourth-order valence-electron chi connectivity index (χ4n) is 2.85. The highest BCUT2D eigenvalue weighted by Crippen LogP contribution is 2.31. The molecule has 126 valence electrons. The number of nitrogens with zero attached hydrogens (tertiary/aromatic N) is 1. The zero-order valence-corrected chi connectivity index (χ0v) is 13.9. The first-order valence-electron chi connectivity index (χ1n) is 7.74. The molecule has 3 rings (SSSR count). The van der Waals surface area contributed by atoms with Gasteiger partial charge in [-0.15, -0.1) is 0 Å². The second-order valence-electron chi connectivity index (χ2n) is 5.65. The van der Waals surface area contributed by atoms with E-state index in [-0.39, 0.29) is 12.5 Å². The van der Waals surface area contributed by atoms with Gasteiger partial charge in [-0.2, -0.15) is 8.78 Å². The standard InChI is InChI=1S/C18H18F2N2OS/c19-18(20)24-16-8-4-3-7-15(16)21-17(23)12-22-10-9-13-5-1-2-6-14(13)11-22/h1-8,18H,9-12H2,(H,21,23). The maximum Gasteiger partial charge on any atom is 0.288 e. The summed E-state index contributed by atoms with van der Waals surface area (Å²) in [5.41, 5.74) is 3.00. The monoisotopic (exact) mass is 348 g/mol. The summed E-state index contributed by atoms with van der Waals surface area (Å²) < 4.78 is 25.2. The number of benzene rings is 2. The van der Waals surface area contributed by atoms with Gasteiger partial charge >= 0.3 is 0 Å². The predicted octanol–water partition coefficient (Wildman–Crippen LogP) is 4.00. The summed E-state index contributed by atoms with van der Waals surface area (Å²) in [4.78, 5) is 14.7. The number of halogens is 2. The van der Waals surface area contributed by atoms with E-state index in [1.165, 1.54) is 11.1 Å². The molecule has 1 amide bonds. The van der Waals surface area contributed by atoms with Crippen molar-refractivity contribution in [1.82, 2.24) is 4.90 Å². The average molecular weight is 348 g/mol. The molecular formula is C18H18F2N2OS. The second-order valence-corrected chi connectivity index (χ2v) is 6.68. The maximum absolute atomic E-state index is 12.6. The van der Waals surface area contributed by atoms with Gasteiger partial charge in [0.15, 0.2) is 0 Å². The summed E-state index contributed by atoms with van der Waals surface area (Å²) in [6, 6.07) is 14.9. The number of carbonyl (C=O) groups excluding carboxylic acids is 1. The van der Waals surface area contributed by atoms with Crippen molar-refractivity contribution in [3.05, 3.63) is 59.7 Å². The molecule has 2 aromatic carbocycles. The highest BCUT2D eigenvalue weighted by atomic mass is 32.2. The zero-order chi connectivity index (χ0) is 16.9. The Hall–Kier alpha value is -1.92. The van der Waals surface area contributed by atoms with Crippen molar-refractivity contribution in [1.29, 1.82) is 0 Å². The Morgan fingerprint density at radius 1 is 1.12 bits per heavy atom. The molecule has 0 fully saturated rings. The lowest BCUT2D eigenvalue weighted by molar-refractivity contribution is -0.117. The van der Waals surface area contributed by atoms with E-state index in [2.05, 4.69) is 22.3 Å². The summed E-state index contributed by atoms with van der Waals surface area (Å²) in [7, 11) is 0. The number of carbonyl (C=O) groups is 1. The number of amides is 1. The van der Waals surface area contributed by atoms with E-state index in [1.807, 2.05) is 12.1 Å². The fourth-order valence-corrected chi connectivity index (χ4v) is 3.45. The van der Waals surface area contributed by atoms with Gasteiger partial charge in [-0.3, -0.25) is 9.69 Å². The molecule has 0 unspecified atom stereocenters.